The molecule has 1 aliphatic rings. The minimum atomic E-state index is -0.281. The molecule has 1 aromatic carbocycles. The molecule has 0 amide bonds. The van der Waals surface area contributed by atoms with Crippen molar-refractivity contribution >= 4 is 17.2 Å². The number of fused-ring (bicyclic) bond motifs is 4. The molecule has 130 valence electrons. The van der Waals surface area contributed by atoms with Gasteiger partial charge in [0.15, 0.2) is 5.65 Å². The van der Waals surface area contributed by atoms with Gasteiger partial charge in [-0.2, -0.15) is 0 Å². The Labute approximate surface area is 145 Å². The van der Waals surface area contributed by atoms with E-state index in [4.69, 9.17) is 0 Å². The van der Waals surface area contributed by atoms with Crippen LogP contribution in [0.25, 0.3) is 16.9 Å². The van der Waals surface area contributed by atoms with Gasteiger partial charge < -0.3 is 15.5 Å². The van der Waals surface area contributed by atoms with E-state index in [2.05, 4.69) is 32.7 Å². The highest BCUT2D eigenvalue weighted by atomic mass is 19.1. The molecule has 4 rings (SSSR count). The van der Waals surface area contributed by atoms with Gasteiger partial charge in [-0.25, -0.2) is 13.9 Å². The summed E-state index contributed by atoms with van der Waals surface area (Å²) < 4.78 is 16.1. The number of nitrogens with one attached hydrogen (secondary N) is 2. The molecule has 0 radical (unpaired) electrons. The van der Waals surface area contributed by atoms with E-state index in [1.54, 1.807) is 16.8 Å². The number of rotatable bonds is 0. The zero-order chi connectivity index (χ0) is 17.2. The first-order valence-corrected chi connectivity index (χ1v) is 8.52. The Morgan fingerprint density at radius 2 is 2.00 bits per heavy atom. The summed E-state index contributed by atoms with van der Waals surface area (Å²) in [5.74, 6) is 0.473. The fourth-order valence-electron chi connectivity index (χ4n) is 3.05. The molecule has 0 saturated carbocycles. The molecule has 0 spiro atoms. The van der Waals surface area contributed by atoms with Crippen molar-refractivity contribution in [3.05, 3.63) is 42.3 Å². The minimum Gasteiger partial charge on any atom is -0.385 e. The highest BCUT2D eigenvalue weighted by Gasteiger charge is 2.13. The Bertz CT molecular complexity index is 890. The predicted octanol–water partition coefficient (Wildman–Crippen LogP) is 2.69. The first-order valence-electron chi connectivity index (χ1n) is 8.52. The van der Waals surface area contributed by atoms with Gasteiger partial charge in [-0.1, -0.05) is 0 Å². The lowest BCUT2D eigenvalue weighted by atomic mass is 10.1. The van der Waals surface area contributed by atoms with Crippen LogP contribution in [0.15, 0.2) is 36.5 Å². The first-order chi connectivity index (χ1) is 12.2. The lowest BCUT2D eigenvalue weighted by Crippen LogP contribution is -2.27. The maximum absolute atomic E-state index is 14.4. The molecule has 6 nitrogen and oxygen atoms in total. The topological polar surface area (TPSA) is 57.5 Å². The first kappa shape index (κ1) is 15.8. The van der Waals surface area contributed by atoms with Crippen LogP contribution >= 0.6 is 0 Å². The quantitative estimate of drug-likeness (QED) is 0.659. The number of benzene rings is 1. The molecule has 7 heteroatoms. The smallest absolute Gasteiger partial charge is 0.154 e. The second-order valence-electron chi connectivity index (χ2n) is 6.34. The standard InChI is InChI=1S/C18H21FN6/c1-24-9-2-7-20-13-3-4-15(19)14(11-13)16-12-22-18-6-5-17(21-8-10-24)23-25(16)18/h3-6,11-12,20H,2,7-10H2,1H3,(H,21,23). The molecule has 2 aromatic heterocycles. The van der Waals surface area contributed by atoms with Crippen LogP contribution in [-0.4, -0.2) is 52.7 Å². The van der Waals surface area contributed by atoms with Crippen LogP contribution in [0.2, 0.25) is 0 Å². The fourth-order valence-corrected chi connectivity index (χ4v) is 3.05. The van der Waals surface area contributed by atoms with Crippen molar-refractivity contribution in [1.82, 2.24) is 19.5 Å². The summed E-state index contributed by atoms with van der Waals surface area (Å²) in [7, 11) is 2.11. The summed E-state index contributed by atoms with van der Waals surface area (Å²) >= 11 is 0. The SMILES string of the molecule is CN1CCCNc2ccc(F)c(c2)-c2cnc3ccc(nn23)NCC1. The van der Waals surface area contributed by atoms with Gasteiger partial charge in [-0.3, -0.25) is 0 Å². The largest absolute Gasteiger partial charge is 0.385 e. The monoisotopic (exact) mass is 340 g/mol. The second kappa shape index (κ2) is 6.68. The third-order valence-electron chi connectivity index (χ3n) is 4.45. The Morgan fingerprint density at radius 3 is 2.92 bits per heavy atom. The van der Waals surface area contributed by atoms with Gasteiger partial charge in [-0.15, -0.1) is 5.10 Å². The molecule has 3 heterocycles. The highest BCUT2D eigenvalue weighted by Crippen LogP contribution is 2.27. The van der Waals surface area contributed by atoms with E-state index in [1.807, 2.05) is 18.2 Å². The average Bonchev–Trinajstić information content (AvgIpc) is 3.02. The van der Waals surface area contributed by atoms with Crippen LogP contribution in [-0.2, 0) is 0 Å². The number of nitrogens with zero attached hydrogens (tertiary/aromatic N) is 4. The highest BCUT2D eigenvalue weighted by molar-refractivity contribution is 5.68. The van der Waals surface area contributed by atoms with Crippen molar-refractivity contribution in [3.63, 3.8) is 0 Å². The molecular weight excluding hydrogens is 319 g/mol. The van der Waals surface area contributed by atoms with Gasteiger partial charge in [0.1, 0.15) is 11.6 Å². The maximum atomic E-state index is 14.4. The van der Waals surface area contributed by atoms with Crippen molar-refractivity contribution < 1.29 is 4.39 Å². The van der Waals surface area contributed by atoms with Crippen LogP contribution in [0.3, 0.4) is 0 Å². The molecule has 2 N–H and O–H groups in total. The number of hydrogen-bond acceptors (Lipinski definition) is 5. The molecule has 0 saturated heterocycles. The number of aromatic nitrogens is 3. The fraction of sp³-hybridized carbons (Fsp3) is 0.333. The summed E-state index contributed by atoms with van der Waals surface area (Å²) in [6.45, 7) is 3.57. The number of halogens is 1. The molecule has 3 aromatic rings. The van der Waals surface area contributed by atoms with Crippen molar-refractivity contribution in [2.45, 2.75) is 6.42 Å². The summed E-state index contributed by atoms with van der Waals surface area (Å²) in [5.41, 5.74) is 2.74. The third-order valence-corrected chi connectivity index (χ3v) is 4.45. The summed E-state index contributed by atoms with van der Waals surface area (Å²) in [4.78, 5) is 6.63. The summed E-state index contributed by atoms with van der Waals surface area (Å²) in [6, 6.07) is 8.87. The van der Waals surface area contributed by atoms with Crippen molar-refractivity contribution in [3.8, 4) is 11.3 Å². The van der Waals surface area contributed by atoms with Gasteiger partial charge in [0.2, 0.25) is 0 Å². The van der Waals surface area contributed by atoms with Gasteiger partial charge in [0, 0.05) is 30.9 Å². The zero-order valence-corrected chi connectivity index (χ0v) is 14.2. The Morgan fingerprint density at radius 1 is 1.08 bits per heavy atom. The Hall–Kier alpha value is -2.67. The van der Waals surface area contributed by atoms with Crippen molar-refractivity contribution in [1.29, 1.82) is 0 Å². The predicted molar refractivity (Wildman–Crippen MR) is 97.5 cm³/mol. The van der Waals surface area contributed by atoms with Gasteiger partial charge in [0.05, 0.1) is 11.9 Å². The normalized spacial score (nSPS) is 16.1. The van der Waals surface area contributed by atoms with Crippen molar-refractivity contribution in [2.24, 2.45) is 0 Å². The number of likely N-dealkylation sites (N-methyl/N-ethyl adjacent to an activating group) is 1. The Kier molecular flexibility index (Phi) is 4.23. The molecule has 0 atom stereocenters. The van der Waals surface area contributed by atoms with Gasteiger partial charge in [0.25, 0.3) is 0 Å². The van der Waals surface area contributed by atoms with Crippen molar-refractivity contribution in [2.75, 3.05) is 43.9 Å². The second-order valence-corrected chi connectivity index (χ2v) is 6.34. The summed E-state index contributed by atoms with van der Waals surface area (Å²) in [6.07, 6.45) is 2.69. The lowest BCUT2D eigenvalue weighted by Gasteiger charge is -2.17. The van der Waals surface area contributed by atoms with E-state index in [0.717, 1.165) is 44.1 Å². The van der Waals surface area contributed by atoms with Crippen LogP contribution < -0.4 is 10.6 Å². The molecule has 1 aliphatic heterocycles. The number of hydrogen-bond donors (Lipinski definition) is 2. The van der Waals surface area contributed by atoms with Crippen LogP contribution in [0.5, 0.6) is 0 Å². The number of anilines is 2. The molecule has 0 unspecified atom stereocenters. The van der Waals surface area contributed by atoms with Crippen LogP contribution in [0.1, 0.15) is 6.42 Å². The maximum Gasteiger partial charge on any atom is 0.154 e. The van der Waals surface area contributed by atoms with E-state index in [-0.39, 0.29) is 5.82 Å². The minimum absolute atomic E-state index is 0.281. The van der Waals surface area contributed by atoms with E-state index in [0.29, 0.717) is 16.9 Å². The zero-order valence-electron chi connectivity index (χ0n) is 14.2. The van der Waals surface area contributed by atoms with E-state index in [1.165, 1.54) is 6.07 Å². The van der Waals surface area contributed by atoms with E-state index >= 15 is 0 Å². The van der Waals surface area contributed by atoms with Gasteiger partial charge in [-0.05, 0) is 50.3 Å². The third kappa shape index (κ3) is 3.28. The van der Waals surface area contributed by atoms with Gasteiger partial charge >= 0.3 is 0 Å². The van der Waals surface area contributed by atoms with E-state index < -0.39 is 0 Å². The van der Waals surface area contributed by atoms with Crippen LogP contribution in [0, 0.1) is 5.82 Å². The summed E-state index contributed by atoms with van der Waals surface area (Å²) in [5, 5.41) is 11.3. The Balaban J connectivity index is 1.80. The molecule has 0 fully saturated rings. The lowest BCUT2D eigenvalue weighted by molar-refractivity contribution is 0.345. The molecular formula is C18H21FN6. The van der Waals surface area contributed by atoms with Crippen LogP contribution in [0.4, 0.5) is 15.9 Å². The van der Waals surface area contributed by atoms with E-state index in [9.17, 15) is 4.39 Å². The molecule has 4 bridgehead atoms. The molecule has 25 heavy (non-hydrogen) atoms. The number of imidazole rings is 1. The average molecular weight is 340 g/mol. The molecule has 0 aliphatic carbocycles.